The van der Waals surface area contributed by atoms with Crippen molar-refractivity contribution in [2.75, 3.05) is 6.54 Å². The molecular weight excluding hydrogens is 247 g/mol. The Labute approximate surface area is 110 Å². The van der Waals surface area contributed by atoms with Gasteiger partial charge in [-0.05, 0) is 43.1 Å². The van der Waals surface area contributed by atoms with Gasteiger partial charge in [0, 0.05) is 11.1 Å². The third kappa shape index (κ3) is 3.09. The zero-order valence-electron chi connectivity index (χ0n) is 10.2. The van der Waals surface area contributed by atoms with E-state index in [9.17, 15) is 4.39 Å². The third-order valence-corrected chi connectivity index (χ3v) is 3.73. The number of aryl methyl sites for hydroxylation is 1. The van der Waals surface area contributed by atoms with Gasteiger partial charge in [0.15, 0.2) is 0 Å². The lowest BCUT2D eigenvalue weighted by atomic mass is 10.2. The summed E-state index contributed by atoms with van der Waals surface area (Å²) in [5.74, 6) is -0.213. The fraction of sp³-hybridized carbons (Fsp3) is 0.214. The molecule has 0 bridgehead atoms. The Bertz CT molecular complexity index is 543. The first-order valence-electron chi connectivity index (χ1n) is 5.78. The van der Waals surface area contributed by atoms with Crippen LogP contribution in [0.25, 0.3) is 0 Å². The van der Waals surface area contributed by atoms with E-state index in [1.54, 1.807) is 12.1 Å². The number of halogens is 1. The van der Waals surface area contributed by atoms with Gasteiger partial charge in [-0.1, -0.05) is 30.0 Å². The topological polar surface area (TPSA) is 38.9 Å². The van der Waals surface area contributed by atoms with E-state index in [1.165, 1.54) is 17.8 Å². The van der Waals surface area contributed by atoms with Crippen LogP contribution in [0.5, 0.6) is 0 Å². The molecule has 0 saturated carbocycles. The summed E-state index contributed by atoms with van der Waals surface area (Å²) in [5.41, 5.74) is 7.68. The van der Waals surface area contributed by atoms with Crippen LogP contribution < -0.4 is 5.73 Å². The summed E-state index contributed by atoms with van der Waals surface area (Å²) in [6.07, 6.45) is 2.63. The van der Waals surface area contributed by atoms with Gasteiger partial charge in [0.1, 0.15) is 10.8 Å². The molecular formula is C14H15FN2S. The van der Waals surface area contributed by atoms with Gasteiger partial charge in [0.25, 0.3) is 0 Å². The molecule has 18 heavy (non-hydrogen) atoms. The Morgan fingerprint density at radius 1 is 1.33 bits per heavy atom. The Kier molecular flexibility index (Phi) is 4.33. The second kappa shape index (κ2) is 5.98. The fourth-order valence-corrected chi connectivity index (χ4v) is 2.51. The van der Waals surface area contributed by atoms with E-state index in [-0.39, 0.29) is 5.82 Å². The second-order valence-corrected chi connectivity index (χ2v) is 5.07. The van der Waals surface area contributed by atoms with Crippen molar-refractivity contribution in [3.8, 4) is 0 Å². The lowest BCUT2D eigenvalue weighted by Crippen LogP contribution is -2.03. The standard InChI is InChI=1S/C14H15FN2S/c1-10-8-11(6-7-16)9-17-14(10)18-13-5-3-2-4-12(13)15/h2-5,8-9H,6-7,16H2,1H3. The number of rotatable bonds is 4. The number of nitrogens with two attached hydrogens (primary N) is 1. The fourth-order valence-electron chi connectivity index (χ4n) is 1.66. The van der Waals surface area contributed by atoms with Crippen molar-refractivity contribution in [1.29, 1.82) is 0 Å². The smallest absolute Gasteiger partial charge is 0.137 e. The monoisotopic (exact) mass is 262 g/mol. The van der Waals surface area contributed by atoms with Gasteiger partial charge in [-0.2, -0.15) is 0 Å². The van der Waals surface area contributed by atoms with Gasteiger partial charge in [-0.3, -0.25) is 0 Å². The van der Waals surface area contributed by atoms with E-state index in [0.29, 0.717) is 11.4 Å². The molecule has 0 aliphatic carbocycles. The number of aromatic nitrogens is 1. The Balaban J connectivity index is 2.22. The molecule has 94 valence electrons. The predicted octanol–water partition coefficient (Wildman–Crippen LogP) is 3.18. The molecule has 0 spiro atoms. The molecule has 1 heterocycles. The highest BCUT2D eigenvalue weighted by Gasteiger charge is 2.07. The molecule has 2 rings (SSSR count). The molecule has 1 aromatic heterocycles. The van der Waals surface area contributed by atoms with Crippen LogP contribution in [0.1, 0.15) is 11.1 Å². The second-order valence-electron chi connectivity index (χ2n) is 4.04. The summed E-state index contributed by atoms with van der Waals surface area (Å²) in [4.78, 5) is 4.97. The maximum atomic E-state index is 13.5. The minimum Gasteiger partial charge on any atom is -0.330 e. The van der Waals surface area contributed by atoms with Gasteiger partial charge in [0.2, 0.25) is 0 Å². The quantitative estimate of drug-likeness (QED) is 0.919. The number of pyridine rings is 1. The highest BCUT2D eigenvalue weighted by molar-refractivity contribution is 7.99. The van der Waals surface area contributed by atoms with E-state index in [0.717, 1.165) is 22.6 Å². The van der Waals surface area contributed by atoms with Gasteiger partial charge in [-0.15, -0.1) is 0 Å². The molecule has 2 aromatic rings. The maximum Gasteiger partial charge on any atom is 0.137 e. The first kappa shape index (κ1) is 13.1. The van der Waals surface area contributed by atoms with Gasteiger partial charge in [-0.25, -0.2) is 9.37 Å². The highest BCUT2D eigenvalue weighted by Crippen LogP contribution is 2.30. The molecule has 0 unspecified atom stereocenters. The van der Waals surface area contributed by atoms with Gasteiger partial charge >= 0.3 is 0 Å². The molecule has 0 radical (unpaired) electrons. The molecule has 0 saturated heterocycles. The summed E-state index contributed by atoms with van der Waals surface area (Å²) in [6.45, 7) is 2.59. The molecule has 0 aliphatic rings. The van der Waals surface area contributed by atoms with E-state index < -0.39 is 0 Å². The summed E-state index contributed by atoms with van der Waals surface area (Å²) in [6, 6.07) is 8.78. The van der Waals surface area contributed by atoms with Gasteiger partial charge in [0.05, 0.1) is 0 Å². The third-order valence-electron chi connectivity index (χ3n) is 2.56. The van der Waals surface area contributed by atoms with Crippen molar-refractivity contribution in [3.05, 3.63) is 53.5 Å². The largest absolute Gasteiger partial charge is 0.330 e. The van der Waals surface area contributed by atoms with Crippen molar-refractivity contribution in [2.24, 2.45) is 5.73 Å². The molecule has 0 aliphatic heterocycles. The molecule has 0 atom stereocenters. The average molecular weight is 262 g/mol. The minimum atomic E-state index is -0.213. The van der Waals surface area contributed by atoms with Crippen LogP contribution in [0.3, 0.4) is 0 Å². The lowest BCUT2D eigenvalue weighted by Gasteiger charge is -2.07. The van der Waals surface area contributed by atoms with Crippen LogP contribution >= 0.6 is 11.8 Å². The summed E-state index contributed by atoms with van der Waals surface area (Å²) < 4.78 is 13.5. The summed E-state index contributed by atoms with van der Waals surface area (Å²) in [5, 5.41) is 0.834. The number of hydrogen-bond donors (Lipinski definition) is 1. The van der Waals surface area contributed by atoms with Crippen molar-refractivity contribution in [3.63, 3.8) is 0 Å². The molecule has 4 heteroatoms. The van der Waals surface area contributed by atoms with Crippen molar-refractivity contribution < 1.29 is 4.39 Å². The molecule has 1 aromatic carbocycles. The van der Waals surface area contributed by atoms with E-state index in [4.69, 9.17) is 5.73 Å². The molecule has 2 nitrogen and oxygen atoms in total. The van der Waals surface area contributed by atoms with Crippen LogP contribution in [-0.4, -0.2) is 11.5 Å². The van der Waals surface area contributed by atoms with Gasteiger partial charge < -0.3 is 5.73 Å². The Hall–Kier alpha value is -1.39. The van der Waals surface area contributed by atoms with Crippen molar-refractivity contribution in [2.45, 2.75) is 23.3 Å². The van der Waals surface area contributed by atoms with E-state index >= 15 is 0 Å². The van der Waals surface area contributed by atoms with Crippen LogP contribution in [-0.2, 0) is 6.42 Å². The predicted molar refractivity (Wildman–Crippen MR) is 72.3 cm³/mol. The summed E-state index contributed by atoms with van der Waals surface area (Å²) in [7, 11) is 0. The first-order valence-corrected chi connectivity index (χ1v) is 6.60. The maximum absolute atomic E-state index is 13.5. The molecule has 0 amide bonds. The normalized spacial score (nSPS) is 10.6. The van der Waals surface area contributed by atoms with Crippen molar-refractivity contribution in [1.82, 2.24) is 4.98 Å². The lowest BCUT2D eigenvalue weighted by molar-refractivity contribution is 0.602. The number of benzene rings is 1. The number of hydrogen-bond acceptors (Lipinski definition) is 3. The highest BCUT2D eigenvalue weighted by atomic mass is 32.2. The zero-order valence-corrected chi connectivity index (χ0v) is 11.0. The van der Waals surface area contributed by atoms with E-state index in [1.807, 2.05) is 19.2 Å². The first-order chi connectivity index (χ1) is 8.70. The molecule has 0 fully saturated rings. The summed E-state index contributed by atoms with van der Waals surface area (Å²) >= 11 is 1.35. The van der Waals surface area contributed by atoms with Crippen LogP contribution in [0, 0.1) is 12.7 Å². The zero-order chi connectivity index (χ0) is 13.0. The number of nitrogens with zero attached hydrogens (tertiary/aromatic N) is 1. The van der Waals surface area contributed by atoms with Crippen LogP contribution in [0.2, 0.25) is 0 Å². The average Bonchev–Trinajstić information content (AvgIpc) is 2.35. The SMILES string of the molecule is Cc1cc(CCN)cnc1Sc1ccccc1F. The molecule has 2 N–H and O–H groups in total. The minimum absolute atomic E-state index is 0.213. The van der Waals surface area contributed by atoms with Crippen molar-refractivity contribution >= 4 is 11.8 Å². The van der Waals surface area contributed by atoms with Crippen LogP contribution in [0.4, 0.5) is 4.39 Å². The van der Waals surface area contributed by atoms with Crippen LogP contribution in [0.15, 0.2) is 46.5 Å². The Morgan fingerprint density at radius 2 is 2.11 bits per heavy atom. The Morgan fingerprint density at radius 3 is 2.78 bits per heavy atom. The van der Waals surface area contributed by atoms with E-state index in [2.05, 4.69) is 11.1 Å².